The molecule has 0 aromatic rings. The van der Waals surface area contributed by atoms with Gasteiger partial charge in [0.1, 0.15) is 0 Å². The van der Waals surface area contributed by atoms with Crippen LogP contribution in [0.15, 0.2) is 0 Å². The van der Waals surface area contributed by atoms with Gasteiger partial charge in [-0.25, -0.2) is 5.48 Å². The molecule has 1 saturated heterocycles. The molecule has 0 radical (unpaired) electrons. The van der Waals surface area contributed by atoms with E-state index >= 15 is 0 Å². The predicted molar refractivity (Wildman–Crippen MR) is 48.2 cm³/mol. The first-order chi connectivity index (χ1) is 7.08. The lowest BCUT2D eigenvalue weighted by Crippen LogP contribution is -2.25. The first-order valence-corrected chi connectivity index (χ1v) is 5.11. The third-order valence-electron chi connectivity index (χ3n) is 2.17. The molecule has 0 amide bonds. The second-order valence-corrected chi connectivity index (χ2v) is 3.58. The number of hydroxylamine groups is 1. The lowest BCUT2D eigenvalue weighted by molar-refractivity contribution is -0.189. The van der Waals surface area contributed by atoms with Crippen molar-refractivity contribution in [2.75, 3.05) is 19.8 Å². The van der Waals surface area contributed by atoms with Crippen molar-refractivity contribution in [1.82, 2.24) is 5.48 Å². The van der Waals surface area contributed by atoms with Gasteiger partial charge in [-0.05, 0) is 25.7 Å². The van der Waals surface area contributed by atoms with Gasteiger partial charge in [0.2, 0.25) is 0 Å². The van der Waals surface area contributed by atoms with Gasteiger partial charge in [-0.3, -0.25) is 4.84 Å². The molecule has 3 nitrogen and oxygen atoms in total. The van der Waals surface area contributed by atoms with Gasteiger partial charge in [0.25, 0.3) is 0 Å². The van der Waals surface area contributed by atoms with Gasteiger partial charge in [-0.2, -0.15) is 13.2 Å². The van der Waals surface area contributed by atoms with E-state index in [1.807, 2.05) is 0 Å². The van der Waals surface area contributed by atoms with Gasteiger partial charge in [0.05, 0.1) is 6.10 Å². The SMILES string of the molecule is FC(F)(F)CONCCCC1CCCO1. The van der Waals surface area contributed by atoms with Crippen LogP contribution in [0.25, 0.3) is 0 Å². The zero-order valence-corrected chi connectivity index (χ0v) is 8.48. The Labute approximate surface area is 86.9 Å². The van der Waals surface area contributed by atoms with Gasteiger partial charge in [0.15, 0.2) is 6.61 Å². The molecule has 1 heterocycles. The van der Waals surface area contributed by atoms with Crippen molar-refractivity contribution in [3.05, 3.63) is 0 Å². The smallest absolute Gasteiger partial charge is 0.378 e. The summed E-state index contributed by atoms with van der Waals surface area (Å²) in [7, 11) is 0. The highest BCUT2D eigenvalue weighted by molar-refractivity contribution is 4.64. The molecule has 15 heavy (non-hydrogen) atoms. The molecule has 1 rings (SSSR count). The van der Waals surface area contributed by atoms with Crippen LogP contribution in [0, 0.1) is 0 Å². The Balaban J connectivity index is 1.84. The molecule has 1 atom stereocenters. The molecule has 0 aromatic heterocycles. The summed E-state index contributed by atoms with van der Waals surface area (Å²) < 4.78 is 40.2. The minimum Gasteiger partial charge on any atom is -0.378 e. The molecule has 0 bridgehead atoms. The number of hydrogen-bond acceptors (Lipinski definition) is 3. The molecule has 1 aliphatic rings. The van der Waals surface area contributed by atoms with Gasteiger partial charge >= 0.3 is 6.18 Å². The predicted octanol–water partition coefficient (Wildman–Crippen LogP) is 2.03. The van der Waals surface area contributed by atoms with Crippen LogP contribution in [0.4, 0.5) is 13.2 Å². The average Bonchev–Trinajstić information content (AvgIpc) is 2.61. The minimum absolute atomic E-state index is 0.286. The molecular formula is C9H16F3NO2. The summed E-state index contributed by atoms with van der Waals surface area (Å²) in [6.45, 7) is -0.00840. The van der Waals surface area contributed by atoms with E-state index in [1.165, 1.54) is 0 Å². The maximum absolute atomic E-state index is 11.6. The third kappa shape index (κ3) is 6.70. The Bertz CT molecular complexity index is 169. The summed E-state index contributed by atoms with van der Waals surface area (Å²) in [5.41, 5.74) is 2.29. The van der Waals surface area contributed by atoms with E-state index in [4.69, 9.17) is 4.74 Å². The highest BCUT2D eigenvalue weighted by Crippen LogP contribution is 2.16. The molecule has 0 aromatic carbocycles. The Morgan fingerprint density at radius 3 is 2.80 bits per heavy atom. The largest absolute Gasteiger partial charge is 0.413 e. The summed E-state index contributed by atoms with van der Waals surface area (Å²) in [6, 6.07) is 0. The molecule has 1 N–H and O–H groups in total. The second-order valence-electron chi connectivity index (χ2n) is 3.58. The lowest BCUT2D eigenvalue weighted by atomic mass is 10.1. The molecule has 0 aliphatic carbocycles. The van der Waals surface area contributed by atoms with Crippen LogP contribution in [0.2, 0.25) is 0 Å². The third-order valence-corrected chi connectivity index (χ3v) is 2.17. The van der Waals surface area contributed by atoms with Crippen LogP contribution in [0.5, 0.6) is 0 Å². The topological polar surface area (TPSA) is 30.5 Å². The number of nitrogens with one attached hydrogen (secondary N) is 1. The normalized spacial score (nSPS) is 22.2. The average molecular weight is 227 g/mol. The number of rotatable bonds is 6. The zero-order valence-electron chi connectivity index (χ0n) is 8.48. The summed E-state index contributed by atoms with van der Waals surface area (Å²) in [6.07, 6.45) is -0.187. The lowest BCUT2D eigenvalue weighted by Gasteiger charge is -2.10. The zero-order chi connectivity index (χ0) is 11.1. The van der Waals surface area contributed by atoms with Crippen molar-refractivity contribution in [2.24, 2.45) is 0 Å². The number of ether oxygens (including phenoxy) is 1. The van der Waals surface area contributed by atoms with Crippen LogP contribution < -0.4 is 5.48 Å². The minimum atomic E-state index is -4.26. The van der Waals surface area contributed by atoms with E-state index in [9.17, 15) is 13.2 Å². The molecule has 0 saturated carbocycles. The summed E-state index contributed by atoms with van der Waals surface area (Å²) in [5, 5.41) is 0. The maximum atomic E-state index is 11.6. The quantitative estimate of drug-likeness (QED) is 0.556. The van der Waals surface area contributed by atoms with Crippen LogP contribution in [0.1, 0.15) is 25.7 Å². The first-order valence-electron chi connectivity index (χ1n) is 5.11. The maximum Gasteiger partial charge on any atom is 0.413 e. The summed E-state index contributed by atoms with van der Waals surface area (Å²) >= 11 is 0. The van der Waals surface area contributed by atoms with Crippen LogP contribution >= 0.6 is 0 Å². The van der Waals surface area contributed by atoms with Crippen LogP contribution in [-0.4, -0.2) is 32.0 Å². The van der Waals surface area contributed by atoms with E-state index in [0.717, 1.165) is 32.3 Å². The monoisotopic (exact) mass is 227 g/mol. The van der Waals surface area contributed by atoms with Gasteiger partial charge < -0.3 is 4.74 Å². The van der Waals surface area contributed by atoms with Gasteiger partial charge in [0, 0.05) is 13.2 Å². The van der Waals surface area contributed by atoms with E-state index in [-0.39, 0.29) is 6.10 Å². The first kappa shape index (κ1) is 12.7. The van der Waals surface area contributed by atoms with Crippen LogP contribution in [0.3, 0.4) is 0 Å². The molecule has 1 aliphatic heterocycles. The van der Waals surface area contributed by atoms with Gasteiger partial charge in [-0.15, -0.1) is 0 Å². The Hall–Kier alpha value is -0.330. The highest BCUT2D eigenvalue weighted by atomic mass is 19.4. The number of alkyl halides is 3. The van der Waals surface area contributed by atoms with Crippen molar-refractivity contribution in [2.45, 2.75) is 38.0 Å². The van der Waals surface area contributed by atoms with E-state index in [0.29, 0.717) is 6.54 Å². The molecule has 90 valence electrons. The van der Waals surface area contributed by atoms with Crippen molar-refractivity contribution in [3.8, 4) is 0 Å². The number of hydrogen-bond donors (Lipinski definition) is 1. The molecular weight excluding hydrogens is 211 g/mol. The molecule has 1 unspecified atom stereocenters. The van der Waals surface area contributed by atoms with Gasteiger partial charge in [-0.1, -0.05) is 0 Å². The fourth-order valence-electron chi connectivity index (χ4n) is 1.48. The van der Waals surface area contributed by atoms with E-state index in [1.54, 1.807) is 0 Å². The Kier molecular flexibility index (Phi) is 5.35. The second kappa shape index (κ2) is 6.30. The van der Waals surface area contributed by atoms with Crippen molar-refractivity contribution < 1.29 is 22.7 Å². The Morgan fingerprint density at radius 2 is 2.20 bits per heavy atom. The van der Waals surface area contributed by atoms with Crippen LogP contribution in [-0.2, 0) is 9.57 Å². The van der Waals surface area contributed by atoms with E-state index < -0.39 is 12.8 Å². The van der Waals surface area contributed by atoms with Crippen molar-refractivity contribution in [3.63, 3.8) is 0 Å². The summed E-state index contributed by atoms with van der Waals surface area (Å²) in [5.74, 6) is 0. The molecule has 0 spiro atoms. The number of halogens is 3. The van der Waals surface area contributed by atoms with Crippen molar-refractivity contribution in [1.29, 1.82) is 0 Å². The van der Waals surface area contributed by atoms with Crippen molar-refractivity contribution >= 4 is 0 Å². The standard InChI is InChI=1S/C9H16F3NO2/c10-9(11,12)7-15-13-5-1-3-8-4-2-6-14-8/h8,13H,1-7H2. The fraction of sp³-hybridized carbons (Fsp3) is 1.00. The summed E-state index contributed by atoms with van der Waals surface area (Å²) in [4.78, 5) is 4.25. The highest BCUT2D eigenvalue weighted by Gasteiger charge is 2.27. The Morgan fingerprint density at radius 1 is 1.40 bits per heavy atom. The van der Waals surface area contributed by atoms with E-state index in [2.05, 4.69) is 10.3 Å². The molecule has 6 heteroatoms. The fourth-order valence-corrected chi connectivity index (χ4v) is 1.48. The molecule has 1 fully saturated rings.